The molecule has 1 aliphatic rings. The molecule has 1 atom stereocenters. The number of H-pyrrole nitrogens is 1. The standard InChI is InChI=1S/C18H23N3O2/c1-2-3-10-19-18(23)16-8-9-17(22)21(16)12-13-11-20-15-7-5-4-6-14(13)15/h4-7,11,16,20H,2-3,8-10,12H2,1H3,(H,19,23). The molecule has 5 heteroatoms. The summed E-state index contributed by atoms with van der Waals surface area (Å²) >= 11 is 0. The molecule has 1 aliphatic heterocycles. The molecule has 1 unspecified atom stereocenters. The van der Waals surface area contributed by atoms with Gasteiger partial charge in [-0.3, -0.25) is 9.59 Å². The van der Waals surface area contributed by atoms with Crippen LogP contribution < -0.4 is 5.32 Å². The van der Waals surface area contributed by atoms with Gasteiger partial charge in [-0.25, -0.2) is 0 Å². The van der Waals surface area contributed by atoms with Gasteiger partial charge in [-0.2, -0.15) is 0 Å². The van der Waals surface area contributed by atoms with Crippen molar-refractivity contribution in [1.82, 2.24) is 15.2 Å². The first-order valence-corrected chi connectivity index (χ1v) is 8.33. The highest BCUT2D eigenvalue weighted by molar-refractivity contribution is 5.91. The molecule has 5 nitrogen and oxygen atoms in total. The molecule has 0 saturated carbocycles. The Balaban J connectivity index is 1.74. The maximum absolute atomic E-state index is 12.4. The molecule has 1 aromatic carbocycles. The zero-order valence-corrected chi connectivity index (χ0v) is 13.5. The second-order valence-electron chi connectivity index (χ2n) is 6.08. The predicted octanol–water partition coefficient (Wildman–Crippen LogP) is 2.58. The fourth-order valence-corrected chi connectivity index (χ4v) is 3.16. The normalized spacial score (nSPS) is 17.9. The van der Waals surface area contributed by atoms with E-state index in [-0.39, 0.29) is 17.9 Å². The fraction of sp³-hybridized carbons (Fsp3) is 0.444. The smallest absolute Gasteiger partial charge is 0.242 e. The maximum atomic E-state index is 12.4. The molecular formula is C18H23N3O2. The summed E-state index contributed by atoms with van der Waals surface area (Å²) in [5.74, 6) is 0.0371. The van der Waals surface area contributed by atoms with E-state index in [1.54, 1.807) is 4.90 Å². The van der Waals surface area contributed by atoms with Gasteiger partial charge in [0.2, 0.25) is 11.8 Å². The molecule has 23 heavy (non-hydrogen) atoms. The number of carbonyl (C=O) groups excluding carboxylic acids is 2. The Morgan fingerprint density at radius 1 is 1.39 bits per heavy atom. The number of aromatic amines is 1. The summed E-state index contributed by atoms with van der Waals surface area (Å²) < 4.78 is 0. The van der Waals surface area contributed by atoms with E-state index >= 15 is 0 Å². The average Bonchev–Trinajstić information content (AvgIpc) is 3.13. The van der Waals surface area contributed by atoms with Gasteiger partial charge in [0, 0.05) is 36.6 Å². The Hall–Kier alpha value is -2.30. The number of rotatable bonds is 6. The molecular weight excluding hydrogens is 290 g/mol. The van der Waals surface area contributed by atoms with Crippen molar-refractivity contribution >= 4 is 22.7 Å². The van der Waals surface area contributed by atoms with E-state index in [0.29, 0.717) is 25.9 Å². The lowest BCUT2D eigenvalue weighted by Gasteiger charge is -2.24. The van der Waals surface area contributed by atoms with Gasteiger partial charge in [0.15, 0.2) is 0 Å². The molecule has 0 bridgehead atoms. The Bertz CT molecular complexity index is 707. The van der Waals surface area contributed by atoms with Crippen LogP contribution in [0, 0.1) is 0 Å². The lowest BCUT2D eigenvalue weighted by Crippen LogP contribution is -2.44. The van der Waals surface area contributed by atoms with E-state index in [1.165, 1.54) is 0 Å². The lowest BCUT2D eigenvalue weighted by atomic mass is 10.1. The fourth-order valence-electron chi connectivity index (χ4n) is 3.16. The van der Waals surface area contributed by atoms with Crippen LogP contribution in [0.4, 0.5) is 0 Å². The molecule has 2 amide bonds. The maximum Gasteiger partial charge on any atom is 0.242 e. The van der Waals surface area contributed by atoms with Crippen molar-refractivity contribution in [1.29, 1.82) is 0 Å². The highest BCUT2D eigenvalue weighted by atomic mass is 16.2. The molecule has 1 fully saturated rings. The van der Waals surface area contributed by atoms with Gasteiger partial charge in [-0.15, -0.1) is 0 Å². The van der Waals surface area contributed by atoms with Crippen molar-refractivity contribution in [2.75, 3.05) is 6.54 Å². The molecule has 2 aromatic rings. The van der Waals surface area contributed by atoms with Gasteiger partial charge >= 0.3 is 0 Å². The van der Waals surface area contributed by atoms with Gasteiger partial charge in [0.1, 0.15) is 6.04 Å². The Morgan fingerprint density at radius 2 is 2.22 bits per heavy atom. The lowest BCUT2D eigenvalue weighted by molar-refractivity contribution is -0.135. The average molecular weight is 313 g/mol. The van der Waals surface area contributed by atoms with Gasteiger partial charge in [0.05, 0.1) is 0 Å². The molecule has 0 spiro atoms. The summed E-state index contributed by atoms with van der Waals surface area (Å²) in [5.41, 5.74) is 2.11. The third kappa shape index (κ3) is 3.23. The zero-order chi connectivity index (χ0) is 16.2. The van der Waals surface area contributed by atoms with Gasteiger partial charge in [-0.1, -0.05) is 31.5 Å². The summed E-state index contributed by atoms with van der Waals surface area (Å²) in [6.45, 7) is 3.25. The third-order valence-electron chi connectivity index (χ3n) is 4.48. The van der Waals surface area contributed by atoms with E-state index in [1.807, 2.05) is 30.5 Å². The number of unbranched alkanes of at least 4 members (excludes halogenated alkanes) is 1. The molecule has 2 N–H and O–H groups in total. The molecule has 1 aromatic heterocycles. The first kappa shape index (κ1) is 15.6. The van der Waals surface area contributed by atoms with E-state index < -0.39 is 0 Å². The van der Waals surface area contributed by atoms with Crippen LogP contribution in [-0.4, -0.2) is 34.3 Å². The number of para-hydroxylation sites is 1. The largest absolute Gasteiger partial charge is 0.361 e. The van der Waals surface area contributed by atoms with Crippen LogP contribution in [0.3, 0.4) is 0 Å². The highest BCUT2D eigenvalue weighted by Crippen LogP contribution is 2.25. The Morgan fingerprint density at radius 3 is 3.04 bits per heavy atom. The van der Waals surface area contributed by atoms with E-state index in [9.17, 15) is 9.59 Å². The van der Waals surface area contributed by atoms with Gasteiger partial charge in [0.25, 0.3) is 0 Å². The number of nitrogens with zero attached hydrogens (tertiary/aromatic N) is 1. The van der Waals surface area contributed by atoms with E-state index in [2.05, 4.69) is 17.2 Å². The quantitative estimate of drug-likeness (QED) is 0.805. The number of amides is 2. The van der Waals surface area contributed by atoms with Crippen LogP contribution >= 0.6 is 0 Å². The van der Waals surface area contributed by atoms with Crippen LogP contribution in [-0.2, 0) is 16.1 Å². The summed E-state index contributed by atoms with van der Waals surface area (Å²) in [7, 11) is 0. The molecule has 2 heterocycles. The molecule has 122 valence electrons. The van der Waals surface area contributed by atoms with Crippen molar-refractivity contribution in [3.05, 3.63) is 36.0 Å². The number of likely N-dealkylation sites (tertiary alicyclic amines) is 1. The molecule has 3 rings (SSSR count). The van der Waals surface area contributed by atoms with Crippen molar-refractivity contribution in [2.45, 2.75) is 45.2 Å². The van der Waals surface area contributed by atoms with Crippen LogP contribution in [0.2, 0.25) is 0 Å². The number of benzene rings is 1. The number of aromatic nitrogens is 1. The van der Waals surface area contributed by atoms with E-state index in [4.69, 9.17) is 0 Å². The number of hydrogen-bond donors (Lipinski definition) is 2. The third-order valence-corrected chi connectivity index (χ3v) is 4.48. The van der Waals surface area contributed by atoms with E-state index in [0.717, 1.165) is 29.3 Å². The minimum absolute atomic E-state index is 0.0239. The SMILES string of the molecule is CCCCNC(=O)C1CCC(=O)N1Cc1c[nH]c2ccccc12. The van der Waals surface area contributed by atoms with Crippen molar-refractivity contribution in [2.24, 2.45) is 0 Å². The number of nitrogens with one attached hydrogen (secondary N) is 2. The van der Waals surface area contributed by atoms with Crippen LogP contribution in [0.1, 0.15) is 38.2 Å². The first-order chi connectivity index (χ1) is 11.2. The van der Waals surface area contributed by atoms with Crippen molar-refractivity contribution in [3.63, 3.8) is 0 Å². The topological polar surface area (TPSA) is 65.2 Å². The van der Waals surface area contributed by atoms with Crippen molar-refractivity contribution < 1.29 is 9.59 Å². The number of fused-ring (bicyclic) bond motifs is 1. The Kier molecular flexibility index (Phi) is 4.65. The number of hydrogen-bond acceptors (Lipinski definition) is 2. The summed E-state index contributed by atoms with van der Waals surface area (Å²) in [6.07, 6.45) is 5.01. The van der Waals surface area contributed by atoms with Gasteiger partial charge in [-0.05, 0) is 24.5 Å². The monoisotopic (exact) mass is 313 g/mol. The number of carbonyl (C=O) groups is 2. The second-order valence-corrected chi connectivity index (χ2v) is 6.08. The minimum atomic E-state index is -0.340. The van der Waals surface area contributed by atoms with Crippen molar-refractivity contribution in [3.8, 4) is 0 Å². The predicted molar refractivity (Wildman–Crippen MR) is 89.8 cm³/mol. The van der Waals surface area contributed by atoms with Crippen LogP contribution in [0.25, 0.3) is 10.9 Å². The zero-order valence-electron chi connectivity index (χ0n) is 13.5. The van der Waals surface area contributed by atoms with Crippen LogP contribution in [0.5, 0.6) is 0 Å². The summed E-state index contributed by atoms with van der Waals surface area (Å²) in [6, 6.07) is 7.68. The Labute approximate surface area is 136 Å². The summed E-state index contributed by atoms with van der Waals surface area (Å²) in [5, 5.41) is 4.06. The second kappa shape index (κ2) is 6.86. The minimum Gasteiger partial charge on any atom is -0.361 e. The van der Waals surface area contributed by atoms with Crippen LogP contribution in [0.15, 0.2) is 30.5 Å². The molecule has 0 aliphatic carbocycles. The summed E-state index contributed by atoms with van der Waals surface area (Å²) in [4.78, 5) is 29.5. The van der Waals surface area contributed by atoms with Gasteiger partial charge < -0.3 is 15.2 Å². The molecule has 0 radical (unpaired) electrons. The highest BCUT2D eigenvalue weighted by Gasteiger charge is 2.36. The molecule has 1 saturated heterocycles. The first-order valence-electron chi connectivity index (χ1n) is 8.33.